The molecule has 0 radical (unpaired) electrons. The van der Waals surface area contributed by atoms with Crippen LogP contribution < -0.4 is 5.32 Å². The number of ether oxygens (including phenoxy) is 1. The van der Waals surface area contributed by atoms with Crippen molar-refractivity contribution in [3.8, 4) is 0 Å². The van der Waals surface area contributed by atoms with Crippen molar-refractivity contribution < 1.29 is 13.9 Å². The fraction of sp³-hybridized carbons (Fsp3) is 0.643. The summed E-state index contributed by atoms with van der Waals surface area (Å²) < 4.78 is 19.0. The molecule has 0 saturated carbocycles. The number of rotatable bonds is 3. The lowest BCUT2D eigenvalue weighted by molar-refractivity contribution is 0.0235. The van der Waals surface area contributed by atoms with Gasteiger partial charge in [-0.25, -0.2) is 14.2 Å². The number of carbonyl (C=O) groups excluding carboxylic acids is 1. The lowest BCUT2D eigenvalue weighted by Crippen LogP contribution is -2.42. The molecule has 0 unspecified atom stereocenters. The van der Waals surface area contributed by atoms with Crippen LogP contribution >= 0.6 is 11.6 Å². The highest BCUT2D eigenvalue weighted by Gasteiger charge is 2.32. The number of amides is 1. The molecule has 1 amide bonds. The Balaban J connectivity index is 1.97. The summed E-state index contributed by atoms with van der Waals surface area (Å²) in [5.41, 5.74) is -0.538. The Morgan fingerprint density at radius 1 is 1.59 bits per heavy atom. The van der Waals surface area contributed by atoms with Gasteiger partial charge >= 0.3 is 6.09 Å². The molecule has 1 aliphatic heterocycles. The highest BCUT2D eigenvalue weighted by atomic mass is 35.5. The quantitative estimate of drug-likeness (QED) is 0.863. The summed E-state index contributed by atoms with van der Waals surface area (Å²) in [4.78, 5) is 21.2. The largest absolute Gasteiger partial charge is 0.444 e. The summed E-state index contributed by atoms with van der Waals surface area (Å²) >= 11 is 5.65. The van der Waals surface area contributed by atoms with Crippen LogP contribution in [0.4, 0.5) is 15.0 Å². The second kappa shape index (κ2) is 6.64. The number of hydrogen-bond donors (Lipinski definition) is 1. The van der Waals surface area contributed by atoms with Gasteiger partial charge in [0.25, 0.3) is 0 Å². The van der Waals surface area contributed by atoms with E-state index in [1.807, 2.05) is 20.8 Å². The Hall–Kier alpha value is -1.63. The molecule has 2 heterocycles. The van der Waals surface area contributed by atoms with Crippen LogP contribution in [0.1, 0.15) is 33.6 Å². The van der Waals surface area contributed by atoms with Crippen molar-refractivity contribution in [1.29, 1.82) is 0 Å². The summed E-state index contributed by atoms with van der Waals surface area (Å²) in [5.74, 6) is -0.540. The number of aromatic nitrogens is 2. The van der Waals surface area contributed by atoms with Crippen LogP contribution in [0.3, 0.4) is 0 Å². The number of halogens is 2. The van der Waals surface area contributed by atoms with Crippen molar-refractivity contribution in [3.63, 3.8) is 0 Å². The van der Waals surface area contributed by atoms with Gasteiger partial charge in [-0.1, -0.05) is 0 Å². The molecule has 8 heteroatoms. The average Bonchev–Trinajstić information content (AvgIpc) is 2.86. The van der Waals surface area contributed by atoms with Gasteiger partial charge in [-0.05, 0) is 45.2 Å². The first-order valence-corrected chi connectivity index (χ1v) is 7.55. The van der Waals surface area contributed by atoms with E-state index in [9.17, 15) is 9.18 Å². The zero-order chi connectivity index (χ0) is 16.3. The molecule has 0 bridgehead atoms. The molecule has 2 rings (SSSR count). The van der Waals surface area contributed by atoms with Gasteiger partial charge in [-0.3, -0.25) is 0 Å². The molecule has 1 aromatic rings. The van der Waals surface area contributed by atoms with Crippen molar-refractivity contribution in [3.05, 3.63) is 17.3 Å². The third-order valence-corrected chi connectivity index (χ3v) is 3.41. The number of nitrogens with zero attached hydrogens (tertiary/aromatic N) is 3. The number of likely N-dealkylation sites (tertiary alicyclic amines) is 1. The van der Waals surface area contributed by atoms with Crippen LogP contribution in [0.5, 0.6) is 0 Å². The van der Waals surface area contributed by atoms with Crippen molar-refractivity contribution in [2.45, 2.75) is 45.3 Å². The van der Waals surface area contributed by atoms with Gasteiger partial charge in [-0.15, -0.1) is 0 Å². The maximum Gasteiger partial charge on any atom is 0.410 e. The fourth-order valence-corrected chi connectivity index (χ4v) is 2.43. The van der Waals surface area contributed by atoms with E-state index in [0.29, 0.717) is 13.1 Å². The first-order valence-electron chi connectivity index (χ1n) is 7.18. The molecule has 1 aliphatic rings. The predicted molar refractivity (Wildman–Crippen MR) is 81.5 cm³/mol. The molecular formula is C14H20ClFN4O2. The van der Waals surface area contributed by atoms with Gasteiger partial charge in [-0.2, -0.15) is 4.98 Å². The van der Waals surface area contributed by atoms with Gasteiger partial charge in [0, 0.05) is 13.1 Å². The molecule has 1 aromatic heterocycles. The van der Waals surface area contributed by atoms with Crippen LogP contribution in [0.25, 0.3) is 0 Å². The van der Waals surface area contributed by atoms with E-state index in [-0.39, 0.29) is 23.2 Å². The lowest BCUT2D eigenvalue weighted by atomic mass is 10.2. The Bertz CT molecular complexity index is 550. The number of anilines is 1. The van der Waals surface area contributed by atoms with Crippen LogP contribution in [0, 0.1) is 5.82 Å². The molecule has 6 nitrogen and oxygen atoms in total. The van der Waals surface area contributed by atoms with Crippen molar-refractivity contribution in [1.82, 2.24) is 14.9 Å². The smallest absolute Gasteiger partial charge is 0.410 e. The first-order chi connectivity index (χ1) is 10.3. The summed E-state index contributed by atoms with van der Waals surface area (Å²) in [6.07, 6.45) is 2.38. The topological polar surface area (TPSA) is 67.3 Å². The molecule has 1 saturated heterocycles. The molecule has 1 fully saturated rings. The highest BCUT2D eigenvalue weighted by molar-refractivity contribution is 6.28. The van der Waals surface area contributed by atoms with E-state index < -0.39 is 11.4 Å². The van der Waals surface area contributed by atoms with Crippen LogP contribution in [-0.2, 0) is 4.74 Å². The minimum Gasteiger partial charge on any atom is -0.444 e. The van der Waals surface area contributed by atoms with Crippen molar-refractivity contribution in [2.24, 2.45) is 0 Å². The van der Waals surface area contributed by atoms with Gasteiger partial charge in [0.2, 0.25) is 5.28 Å². The first kappa shape index (κ1) is 16.7. The van der Waals surface area contributed by atoms with Gasteiger partial charge in [0.05, 0.1) is 12.2 Å². The minimum absolute atomic E-state index is 0.0284. The van der Waals surface area contributed by atoms with Gasteiger partial charge < -0.3 is 15.0 Å². The number of carbonyl (C=O) groups is 1. The fourth-order valence-electron chi connectivity index (χ4n) is 2.29. The molecule has 1 N–H and O–H groups in total. The van der Waals surface area contributed by atoms with Crippen LogP contribution in [-0.4, -0.2) is 45.7 Å². The number of nitrogens with one attached hydrogen (secondary N) is 1. The molecule has 0 aliphatic carbocycles. The third-order valence-electron chi connectivity index (χ3n) is 3.22. The molecular weight excluding hydrogens is 311 g/mol. The monoisotopic (exact) mass is 330 g/mol. The molecule has 22 heavy (non-hydrogen) atoms. The summed E-state index contributed by atoms with van der Waals surface area (Å²) in [6, 6.07) is -0.0667. The SMILES string of the molecule is CC(C)(C)OC(=O)N1CCC[C@H]1CNc1nc(Cl)ncc1F. The van der Waals surface area contributed by atoms with Crippen LogP contribution in [0.15, 0.2) is 6.20 Å². The molecule has 122 valence electrons. The van der Waals surface area contributed by atoms with E-state index in [1.54, 1.807) is 4.90 Å². The van der Waals surface area contributed by atoms with Gasteiger partial charge in [0.15, 0.2) is 11.6 Å². The predicted octanol–water partition coefficient (Wildman–Crippen LogP) is 3.08. The molecule has 0 spiro atoms. The van der Waals surface area contributed by atoms with E-state index >= 15 is 0 Å². The second-order valence-corrected chi connectivity index (χ2v) is 6.52. The van der Waals surface area contributed by atoms with E-state index in [4.69, 9.17) is 16.3 Å². The van der Waals surface area contributed by atoms with Crippen molar-refractivity contribution >= 4 is 23.5 Å². The Kier molecular flexibility index (Phi) is 5.05. The highest BCUT2D eigenvalue weighted by Crippen LogP contribution is 2.21. The summed E-state index contributed by atoms with van der Waals surface area (Å²) in [6.45, 7) is 6.49. The average molecular weight is 331 g/mol. The standard InChI is InChI=1S/C14H20ClFN4O2/c1-14(2,3)22-13(21)20-6-4-5-9(20)7-17-11-10(16)8-18-12(15)19-11/h8-9H,4-7H2,1-3H3,(H,17,18,19)/t9-/m0/s1. The zero-order valence-electron chi connectivity index (χ0n) is 12.9. The van der Waals surface area contributed by atoms with E-state index in [2.05, 4.69) is 15.3 Å². The Morgan fingerprint density at radius 3 is 3.00 bits per heavy atom. The summed E-state index contributed by atoms with van der Waals surface area (Å²) in [7, 11) is 0. The Labute approximate surface area is 134 Å². The third kappa shape index (κ3) is 4.43. The second-order valence-electron chi connectivity index (χ2n) is 6.19. The lowest BCUT2D eigenvalue weighted by Gasteiger charge is -2.28. The normalized spacial score (nSPS) is 18.4. The Morgan fingerprint density at radius 2 is 2.32 bits per heavy atom. The van der Waals surface area contributed by atoms with Gasteiger partial charge in [0.1, 0.15) is 5.60 Å². The number of hydrogen-bond acceptors (Lipinski definition) is 5. The van der Waals surface area contributed by atoms with E-state index in [1.165, 1.54) is 0 Å². The molecule has 0 aromatic carbocycles. The maximum atomic E-state index is 13.6. The minimum atomic E-state index is -0.578. The molecule has 1 atom stereocenters. The van der Waals surface area contributed by atoms with Crippen molar-refractivity contribution in [2.75, 3.05) is 18.4 Å². The zero-order valence-corrected chi connectivity index (χ0v) is 13.7. The van der Waals surface area contributed by atoms with E-state index in [0.717, 1.165) is 19.0 Å². The van der Waals surface area contributed by atoms with Crippen LogP contribution in [0.2, 0.25) is 5.28 Å². The summed E-state index contributed by atoms with van der Waals surface area (Å²) in [5, 5.41) is 2.85. The maximum absolute atomic E-state index is 13.6.